The van der Waals surface area contributed by atoms with Crippen molar-refractivity contribution in [3.05, 3.63) is 58.4 Å². The van der Waals surface area contributed by atoms with E-state index in [0.717, 1.165) is 42.3 Å². The maximum Gasteiger partial charge on any atom is 0.272 e. The molecule has 0 saturated carbocycles. The maximum atomic E-state index is 13.2. The van der Waals surface area contributed by atoms with Crippen LogP contribution in [-0.4, -0.2) is 46.5 Å². The topological polar surface area (TPSA) is 47.4 Å². The maximum absolute atomic E-state index is 13.2. The second-order valence-electron chi connectivity index (χ2n) is 6.73. The molecule has 1 aliphatic rings. The number of amides is 1. The lowest BCUT2D eigenvalue weighted by Crippen LogP contribution is -2.34. The van der Waals surface area contributed by atoms with Gasteiger partial charge in [0, 0.05) is 41.6 Å². The van der Waals surface area contributed by atoms with Gasteiger partial charge in [-0.2, -0.15) is 16.9 Å². The van der Waals surface area contributed by atoms with Crippen molar-refractivity contribution in [3.63, 3.8) is 0 Å². The molecule has 1 amide bonds. The van der Waals surface area contributed by atoms with Crippen LogP contribution in [0.4, 0.5) is 0 Å². The molecule has 146 valence electrons. The van der Waals surface area contributed by atoms with Crippen LogP contribution in [-0.2, 0) is 7.05 Å². The fourth-order valence-corrected chi connectivity index (χ4v) is 5.67. The highest BCUT2D eigenvalue weighted by molar-refractivity contribution is 7.99. The number of rotatable bonds is 4. The molecule has 1 fully saturated rings. The first kappa shape index (κ1) is 19.1. The highest BCUT2D eigenvalue weighted by Crippen LogP contribution is 2.37. The van der Waals surface area contributed by atoms with Crippen LogP contribution in [0.15, 0.2) is 47.8 Å². The monoisotopic (exact) mass is 413 g/mol. The first-order valence-corrected chi connectivity index (χ1v) is 11.2. The molecule has 2 aromatic heterocycles. The first-order valence-electron chi connectivity index (χ1n) is 9.28. The number of methoxy groups -OCH3 is 1. The van der Waals surface area contributed by atoms with E-state index < -0.39 is 0 Å². The Balaban J connectivity index is 1.51. The van der Waals surface area contributed by atoms with E-state index in [1.807, 2.05) is 54.0 Å². The van der Waals surface area contributed by atoms with Crippen LogP contribution in [0.1, 0.15) is 27.0 Å². The SMILES string of the molecule is COc1cccc(-c2cc(C(=O)N3CCSC(c4cccs4)CC3)n(C)n2)c1. The molecular formula is C21H23N3O2S2. The molecule has 0 bridgehead atoms. The summed E-state index contributed by atoms with van der Waals surface area (Å²) in [6.45, 7) is 1.54. The third kappa shape index (κ3) is 3.95. The number of ether oxygens (including phenoxy) is 1. The third-order valence-electron chi connectivity index (χ3n) is 4.95. The van der Waals surface area contributed by atoms with Gasteiger partial charge in [0.1, 0.15) is 11.4 Å². The molecule has 1 saturated heterocycles. The summed E-state index contributed by atoms with van der Waals surface area (Å²) < 4.78 is 6.99. The van der Waals surface area contributed by atoms with Crippen molar-refractivity contribution in [1.29, 1.82) is 0 Å². The van der Waals surface area contributed by atoms with E-state index >= 15 is 0 Å². The minimum atomic E-state index is 0.0524. The molecule has 0 radical (unpaired) electrons. The van der Waals surface area contributed by atoms with Gasteiger partial charge in [-0.3, -0.25) is 9.48 Å². The average molecular weight is 414 g/mol. The van der Waals surface area contributed by atoms with Gasteiger partial charge in [-0.1, -0.05) is 18.2 Å². The molecule has 3 aromatic rings. The van der Waals surface area contributed by atoms with Crippen LogP contribution in [0.2, 0.25) is 0 Å². The molecule has 4 rings (SSSR count). The normalized spacial score (nSPS) is 17.4. The standard InChI is InChI=1S/C21H23N3O2S2/c1-23-18(14-17(22-23)15-5-3-6-16(13-15)26-2)21(25)24-9-8-20(28-12-10-24)19-7-4-11-27-19/h3-7,11,13-14,20H,8-10,12H2,1-2H3. The number of thioether (sulfide) groups is 1. The first-order chi connectivity index (χ1) is 13.7. The predicted molar refractivity (Wildman–Crippen MR) is 115 cm³/mol. The average Bonchev–Trinajstić information content (AvgIpc) is 3.32. The van der Waals surface area contributed by atoms with Gasteiger partial charge in [0.25, 0.3) is 5.91 Å². The molecule has 1 aromatic carbocycles. The molecule has 7 heteroatoms. The third-order valence-corrected chi connectivity index (χ3v) is 7.40. The highest BCUT2D eigenvalue weighted by atomic mass is 32.2. The second-order valence-corrected chi connectivity index (χ2v) is 9.02. The molecule has 1 atom stereocenters. The summed E-state index contributed by atoms with van der Waals surface area (Å²) in [7, 11) is 3.48. The number of hydrogen-bond donors (Lipinski definition) is 0. The minimum absolute atomic E-state index is 0.0524. The summed E-state index contributed by atoms with van der Waals surface area (Å²) in [5, 5.41) is 7.17. The van der Waals surface area contributed by atoms with Crippen LogP contribution in [0.25, 0.3) is 11.3 Å². The fraction of sp³-hybridized carbons (Fsp3) is 0.333. The number of aromatic nitrogens is 2. The van der Waals surface area contributed by atoms with E-state index in [-0.39, 0.29) is 5.91 Å². The molecule has 1 unspecified atom stereocenters. The van der Waals surface area contributed by atoms with Crippen LogP contribution in [0.5, 0.6) is 5.75 Å². The number of carbonyl (C=O) groups is 1. The zero-order valence-electron chi connectivity index (χ0n) is 16.0. The number of carbonyl (C=O) groups excluding carboxylic acids is 1. The van der Waals surface area contributed by atoms with E-state index in [1.54, 1.807) is 23.1 Å². The Morgan fingerprint density at radius 1 is 1.21 bits per heavy atom. The quantitative estimate of drug-likeness (QED) is 0.633. The Morgan fingerprint density at radius 2 is 2.11 bits per heavy atom. The Kier molecular flexibility index (Phi) is 5.73. The summed E-state index contributed by atoms with van der Waals surface area (Å²) in [6.07, 6.45) is 0.984. The lowest BCUT2D eigenvalue weighted by atomic mass is 10.1. The fourth-order valence-electron chi connectivity index (χ4n) is 3.43. The number of hydrogen-bond acceptors (Lipinski definition) is 5. The van der Waals surface area contributed by atoms with Crippen molar-refractivity contribution in [2.45, 2.75) is 11.7 Å². The van der Waals surface area contributed by atoms with Crippen molar-refractivity contribution in [3.8, 4) is 17.0 Å². The minimum Gasteiger partial charge on any atom is -0.497 e. The van der Waals surface area contributed by atoms with Crippen LogP contribution in [0, 0.1) is 0 Å². The van der Waals surface area contributed by atoms with Crippen molar-refractivity contribution in [2.24, 2.45) is 7.05 Å². The molecule has 0 spiro atoms. The van der Waals surface area contributed by atoms with Gasteiger partial charge in [0.05, 0.1) is 12.8 Å². The summed E-state index contributed by atoms with van der Waals surface area (Å²) in [4.78, 5) is 16.5. The smallest absolute Gasteiger partial charge is 0.272 e. The van der Waals surface area contributed by atoms with Crippen molar-refractivity contribution in [2.75, 3.05) is 26.0 Å². The largest absolute Gasteiger partial charge is 0.497 e. The molecule has 3 heterocycles. The van der Waals surface area contributed by atoms with Crippen LogP contribution < -0.4 is 4.74 Å². The summed E-state index contributed by atoms with van der Waals surface area (Å²) in [5.74, 6) is 1.78. The van der Waals surface area contributed by atoms with Crippen LogP contribution in [0.3, 0.4) is 0 Å². The molecule has 28 heavy (non-hydrogen) atoms. The lowest BCUT2D eigenvalue weighted by molar-refractivity contribution is 0.0755. The summed E-state index contributed by atoms with van der Waals surface area (Å²) in [5.41, 5.74) is 2.35. The number of aryl methyl sites for hydroxylation is 1. The van der Waals surface area contributed by atoms with Crippen molar-refractivity contribution < 1.29 is 9.53 Å². The molecule has 0 N–H and O–H groups in total. The Morgan fingerprint density at radius 3 is 2.89 bits per heavy atom. The summed E-state index contributed by atoms with van der Waals surface area (Å²) >= 11 is 3.75. The van der Waals surface area contributed by atoms with Gasteiger partial charge in [0.2, 0.25) is 0 Å². The molecule has 0 aliphatic carbocycles. The Bertz CT molecular complexity index is 952. The van der Waals surface area contributed by atoms with Crippen molar-refractivity contribution in [1.82, 2.24) is 14.7 Å². The van der Waals surface area contributed by atoms with Gasteiger partial charge in [0.15, 0.2) is 0 Å². The van der Waals surface area contributed by atoms with E-state index in [4.69, 9.17) is 4.74 Å². The Hall–Kier alpha value is -2.25. The van der Waals surface area contributed by atoms with Gasteiger partial charge < -0.3 is 9.64 Å². The van der Waals surface area contributed by atoms with Gasteiger partial charge >= 0.3 is 0 Å². The molecule has 5 nitrogen and oxygen atoms in total. The zero-order chi connectivity index (χ0) is 19.5. The zero-order valence-corrected chi connectivity index (χ0v) is 17.6. The van der Waals surface area contributed by atoms with E-state index in [2.05, 4.69) is 22.6 Å². The highest BCUT2D eigenvalue weighted by Gasteiger charge is 2.25. The van der Waals surface area contributed by atoms with E-state index in [9.17, 15) is 4.79 Å². The van der Waals surface area contributed by atoms with Crippen molar-refractivity contribution >= 4 is 29.0 Å². The predicted octanol–water partition coefficient (Wildman–Crippen LogP) is 4.48. The van der Waals surface area contributed by atoms with E-state index in [0.29, 0.717) is 10.9 Å². The molecule has 1 aliphatic heterocycles. The van der Waals surface area contributed by atoms with Crippen LogP contribution >= 0.6 is 23.1 Å². The van der Waals surface area contributed by atoms with Gasteiger partial charge in [-0.25, -0.2) is 0 Å². The van der Waals surface area contributed by atoms with Gasteiger partial charge in [-0.15, -0.1) is 11.3 Å². The number of benzene rings is 1. The van der Waals surface area contributed by atoms with E-state index in [1.165, 1.54) is 4.88 Å². The number of nitrogens with zero attached hydrogens (tertiary/aromatic N) is 3. The summed E-state index contributed by atoms with van der Waals surface area (Å²) in [6, 6.07) is 13.9. The second kappa shape index (κ2) is 8.41. The molecular weight excluding hydrogens is 390 g/mol. The lowest BCUT2D eigenvalue weighted by Gasteiger charge is -2.20. The number of thiophene rings is 1. The van der Waals surface area contributed by atoms with Gasteiger partial charge in [-0.05, 0) is 36.1 Å². The Labute approximate surface area is 173 Å².